The number of nitrogens with zero attached hydrogens (tertiary/aromatic N) is 1. The molecular weight excluding hydrogens is 223 g/mol. The number of rotatable bonds is 2. The molecule has 0 spiro atoms. The molecule has 2 atom stereocenters. The van der Waals surface area contributed by atoms with Gasteiger partial charge in [0.2, 0.25) is 0 Å². The first-order chi connectivity index (χ1) is 7.42. The third-order valence-corrected chi connectivity index (χ3v) is 2.45. The van der Waals surface area contributed by atoms with Crippen molar-refractivity contribution in [2.45, 2.75) is 31.5 Å². The van der Waals surface area contributed by atoms with Gasteiger partial charge < -0.3 is 10.6 Å². The minimum absolute atomic E-state index is 0.295. The van der Waals surface area contributed by atoms with Crippen LogP contribution in [0.25, 0.3) is 0 Å². The maximum Gasteiger partial charge on any atom is 0.405 e. The molecule has 0 aromatic carbocycles. The van der Waals surface area contributed by atoms with E-state index in [9.17, 15) is 18.0 Å². The second-order valence-corrected chi connectivity index (χ2v) is 3.72. The molecule has 1 fully saturated rings. The van der Waals surface area contributed by atoms with Crippen LogP contribution in [0.15, 0.2) is 0 Å². The summed E-state index contributed by atoms with van der Waals surface area (Å²) in [4.78, 5) is 11.1. The van der Waals surface area contributed by atoms with E-state index in [2.05, 4.69) is 5.32 Å². The second kappa shape index (κ2) is 5.05. The number of alkyl halides is 3. The van der Waals surface area contributed by atoms with Crippen LogP contribution in [0, 0.1) is 17.2 Å². The van der Waals surface area contributed by atoms with Gasteiger partial charge in [-0.25, -0.2) is 4.79 Å². The van der Waals surface area contributed by atoms with Crippen molar-refractivity contribution in [2.24, 2.45) is 5.92 Å². The number of hydrogen-bond donors (Lipinski definition) is 2. The number of urea groups is 1. The third kappa shape index (κ3) is 3.96. The van der Waals surface area contributed by atoms with Crippen LogP contribution in [0.5, 0.6) is 0 Å². The van der Waals surface area contributed by atoms with E-state index in [1.54, 1.807) is 5.32 Å². The van der Waals surface area contributed by atoms with Gasteiger partial charge in [0, 0.05) is 6.04 Å². The van der Waals surface area contributed by atoms with Gasteiger partial charge in [0.25, 0.3) is 0 Å². The zero-order valence-electron chi connectivity index (χ0n) is 8.47. The molecule has 2 amide bonds. The number of nitrogens with one attached hydrogen (secondary N) is 2. The van der Waals surface area contributed by atoms with E-state index < -0.39 is 18.8 Å². The summed E-state index contributed by atoms with van der Waals surface area (Å²) in [7, 11) is 0. The molecule has 0 aliphatic heterocycles. The summed E-state index contributed by atoms with van der Waals surface area (Å²) in [6, 6.07) is 0.821. The first-order valence-corrected chi connectivity index (χ1v) is 4.93. The van der Waals surface area contributed by atoms with Gasteiger partial charge in [-0.05, 0) is 19.3 Å². The Bertz CT molecular complexity index is 297. The smallest absolute Gasteiger partial charge is 0.334 e. The molecule has 1 aliphatic carbocycles. The van der Waals surface area contributed by atoms with Crippen LogP contribution in [0.1, 0.15) is 19.3 Å². The Hall–Kier alpha value is -1.45. The summed E-state index contributed by atoms with van der Waals surface area (Å²) < 4.78 is 35.3. The number of carbonyl (C=O) groups excluding carboxylic acids is 1. The summed E-state index contributed by atoms with van der Waals surface area (Å²) >= 11 is 0. The molecule has 7 heteroatoms. The van der Waals surface area contributed by atoms with Crippen molar-refractivity contribution >= 4 is 6.03 Å². The molecule has 0 saturated heterocycles. The van der Waals surface area contributed by atoms with Gasteiger partial charge in [-0.2, -0.15) is 18.4 Å². The van der Waals surface area contributed by atoms with E-state index in [-0.39, 0.29) is 12.0 Å². The topological polar surface area (TPSA) is 64.9 Å². The first-order valence-electron chi connectivity index (χ1n) is 4.93. The normalized spacial score (nSPS) is 24.9. The summed E-state index contributed by atoms with van der Waals surface area (Å²) in [5, 5.41) is 12.8. The predicted octanol–water partition coefficient (Wildman–Crippen LogP) is 1.54. The minimum Gasteiger partial charge on any atom is -0.334 e. The Morgan fingerprint density at radius 3 is 2.69 bits per heavy atom. The van der Waals surface area contributed by atoms with Crippen molar-refractivity contribution in [3.63, 3.8) is 0 Å². The summed E-state index contributed by atoms with van der Waals surface area (Å²) in [6.07, 6.45) is -2.29. The lowest BCUT2D eigenvalue weighted by Gasteiger charge is -2.16. The quantitative estimate of drug-likeness (QED) is 0.762. The molecule has 0 heterocycles. The highest BCUT2D eigenvalue weighted by atomic mass is 19.4. The van der Waals surface area contributed by atoms with Crippen LogP contribution in [0.4, 0.5) is 18.0 Å². The van der Waals surface area contributed by atoms with Crippen molar-refractivity contribution in [3.05, 3.63) is 0 Å². The standard InChI is InChI=1S/C9H12F3N3O/c10-9(11,12)5-14-8(16)15-7-3-1-2-6(7)4-13/h6-7H,1-3,5H2,(H2,14,15,16). The molecule has 2 unspecified atom stereocenters. The Kier molecular flexibility index (Phi) is 3.99. The lowest BCUT2D eigenvalue weighted by molar-refractivity contribution is -0.122. The minimum atomic E-state index is -4.42. The average molecular weight is 235 g/mol. The number of hydrogen-bond acceptors (Lipinski definition) is 2. The van der Waals surface area contributed by atoms with Gasteiger partial charge in [-0.1, -0.05) is 0 Å². The van der Waals surface area contributed by atoms with Crippen molar-refractivity contribution in [2.75, 3.05) is 6.54 Å². The van der Waals surface area contributed by atoms with Gasteiger partial charge in [-0.3, -0.25) is 0 Å². The number of nitriles is 1. The van der Waals surface area contributed by atoms with Gasteiger partial charge in [0.15, 0.2) is 0 Å². The molecule has 1 rings (SSSR count). The van der Waals surface area contributed by atoms with Crippen molar-refractivity contribution in [3.8, 4) is 6.07 Å². The second-order valence-electron chi connectivity index (χ2n) is 3.72. The van der Waals surface area contributed by atoms with Crippen molar-refractivity contribution < 1.29 is 18.0 Å². The van der Waals surface area contributed by atoms with Gasteiger partial charge >= 0.3 is 12.2 Å². The van der Waals surface area contributed by atoms with Crippen molar-refractivity contribution in [1.82, 2.24) is 10.6 Å². The monoisotopic (exact) mass is 235 g/mol. The maximum atomic E-state index is 11.8. The van der Waals surface area contributed by atoms with Gasteiger partial charge in [0.05, 0.1) is 12.0 Å². The summed E-state index contributed by atoms with van der Waals surface area (Å²) in [6.45, 7) is -1.36. The van der Waals surface area contributed by atoms with Crippen LogP contribution < -0.4 is 10.6 Å². The van der Waals surface area contributed by atoms with Gasteiger partial charge in [-0.15, -0.1) is 0 Å². The van der Waals surface area contributed by atoms with E-state index >= 15 is 0 Å². The van der Waals surface area contributed by atoms with E-state index in [0.717, 1.165) is 6.42 Å². The van der Waals surface area contributed by atoms with Crippen LogP contribution in [-0.2, 0) is 0 Å². The highest BCUT2D eigenvalue weighted by molar-refractivity contribution is 5.74. The molecule has 0 bridgehead atoms. The Morgan fingerprint density at radius 2 is 2.12 bits per heavy atom. The van der Waals surface area contributed by atoms with E-state index in [0.29, 0.717) is 12.8 Å². The lowest BCUT2D eigenvalue weighted by Crippen LogP contribution is -2.46. The first kappa shape index (κ1) is 12.6. The molecule has 0 aromatic heterocycles. The molecule has 1 saturated carbocycles. The average Bonchev–Trinajstić information content (AvgIpc) is 2.61. The lowest BCUT2D eigenvalue weighted by atomic mass is 10.1. The van der Waals surface area contributed by atoms with Crippen LogP contribution in [0.3, 0.4) is 0 Å². The summed E-state index contributed by atoms with van der Waals surface area (Å²) in [5.41, 5.74) is 0. The van der Waals surface area contributed by atoms with Crippen LogP contribution in [0.2, 0.25) is 0 Å². The third-order valence-electron chi connectivity index (χ3n) is 2.45. The SMILES string of the molecule is N#CC1CCCC1NC(=O)NCC(F)(F)F. The predicted molar refractivity (Wildman–Crippen MR) is 49.3 cm³/mol. The number of halogens is 3. The highest BCUT2D eigenvalue weighted by Crippen LogP contribution is 2.24. The fourth-order valence-electron chi connectivity index (χ4n) is 1.69. The molecule has 4 nitrogen and oxygen atoms in total. The van der Waals surface area contributed by atoms with Crippen LogP contribution in [-0.4, -0.2) is 24.8 Å². The Labute approximate surface area is 90.8 Å². The molecular formula is C9H12F3N3O. The summed E-state index contributed by atoms with van der Waals surface area (Å²) in [5.74, 6) is -0.295. The van der Waals surface area contributed by atoms with E-state index in [4.69, 9.17) is 5.26 Å². The largest absolute Gasteiger partial charge is 0.405 e. The maximum absolute atomic E-state index is 11.8. The molecule has 2 N–H and O–H groups in total. The van der Waals surface area contributed by atoms with E-state index in [1.165, 1.54) is 0 Å². The zero-order chi connectivity index (χ0) is 12.2. The Morgan fingerprint density at radius 1 is 1.44 bits per heavy atom. The fourth-order valence-corrected chi connectivity index (χ4v) is 1.69. The van der Waals surface area contributed by atoms with Gasteiger partial charge in [0.1, 0.15) is 6.54 Å². The number of carbonyl (C=O) groups is 1. The number of amides is 2. The highest BCUT2D eigenvalue weighted by Gasteiger charge is 2.31. The molecule has 0 aromatic rings. The molecule has 16 heavy (non-hydrogen) atoms. The fraction of sp³-hybridized carbons (Fsp3) is 0.778. The molecule has 1 aliphatic rings. The zero-order valence-corrected chi connectivity index (χ0v) is 8.47. The molecule has 90 valence electrons. The van der Waals surface area contributed by atoms with E-state index in [1.807, 2.05) is 6.07 Å². The van der Waals surface area contributed by atoms with Crippen LogP contribution >= 0.6 is 0 Å². The van der Waals surface area contributed by atoms with Crippen molar-refractivity contribution in [1.29, 1.82) is 5.26 Å². The Balaban J connectivity index is 2.32. The molecule has 0 radical (unpaired) electrons.